The lowest BCUT2D eigenvalue weighted by molar-refractivity contribution is 0.0713. The number of rotatable bonds is 20. The molecule has 0 saturated carbocycles. The van der Waals surface area contributed by atoms with E-state index in [1.807, 2.05) is 0 Å². The molecule has 16 nitrogen and oxygen atoms in total. The highest BCUT2D eigenvalue weighted by molar-refractivity contribution is 6.77. The summed E-state index contributed by atoms with van der Waals surface area (Å²) in [6, 6.07) is 3.18. The quantitative estimate of drug-likeness (QED) is 0.114. The third-order valence-corrected chi connectivity index (χ3v) is 62.1. The van der Waals surface area contributed by atoms with Gasteiger partial charge in [0.2, 0.25) is 0 Å². The van der Waals surface area contributed by atoms with Crippen LogP contribution >= 0.6 is 0 Å². The number of amides is 4. The van der Waals surface area contributed by atoms with Crippen LogP contribution in [0.2, 0.25) is 145 Å². The summed E-state index contributed by atoms with van der Waals surface area (Å²) in [5.74, 6) is -1.78. The van der Waals surface area contributed by atoms with Gasteiger partial charge in [0.05, 0.1) is 71.1 Å². The zero-order chi connectivity index (χ0) is 76.3. The van der Waals surface area contributed by atoms with Crippen molar-refractivity contribution < 1.29 is 54.6 Å². The van der Waals surface area contributed by atoms with Crippen LogP contribution in [0.4, 0.5) is 0 Å². The third kappa shape index (κ3) is 19.4. The molecule has 8 atom stereocenters. The molecule has 98 heavy (non-hydrogen) atoms. The molecule has 24 heteroatoms. The number of likely N-dealkylation sites (tertiary alicyclic amines) is 4. The summed E-state index contributed by atoms with van der Waals surface area (Å²) in [6.45, 7) is 90.6. The molecule has 4 aliphatic rings. The molecule has 0 aromatic heterocycles. The van der Waals surface area contributed by atoms with Crippen molar-refractivity contribution in [3.05, 3.63) is 34.4 Å². The average Bonchev–Trinajstić information content (AvgIpc) is 1.47. The Morgan fingerprint density at radius 1 is 0.235 bits per heavy atom. The lowest BCUT2D eigenvalue weighted by atomic mass is 9.94. The fraction of sp³-hybridized carbons (Fsp3) is 0.865. The first-order valence-electron chi connectivity index (χ1n) is 37.0. The summed E-state index contributed by atoms with van der Waals surface area (Å²) in [4.78, 5) is 73.6. The fourth-order valence-corrected chi connectivity index (χ4v) is 21.7. The van der Waals surface area contributed by atoms with Crippen molar-refractivity contribution in [2.45, 2.75) is 360 Å². The van der Waals surface area contributed by atoms with Gasteiger partial charge in [-0.25, -0.2) is 0 Å². The van der Waals surface area contributed by atoms with Gasteiger partial charge < -0.3 is 55.0 Å². The molecule has 4 saturated heterocycles. The Labute approximate surface area is 607 Å². The summed E-state index contributed by atoms with van der Waals surface area (Å²) < 4.78 is 58.8. The Bertz CT molecular complexity index is 2480. The first-order valence-corrected chi connectivity index (χ1v) is 60.3. The number of benzene rings is 1. The van der Waals surface area contributed by atoms with Gasteiger partial charge in [0.15, 0.2) is 66.5 Å². The summed E-state index contributed by atoms with van der Waals surface area (Å²) in [5, 5.41) is -1.23. The topological polar surface area (TPSA) is 155 Å². The molecule has 0 spiro atoms. The molecule has 4 fully saturated rings. The van der Waals surface area contributed by atoms with Gasteiger partial charge in [0.1, 0.15) is 0 Å². The maximum Gasteiger partial charge on any atom is 0.254 e. The van der Waals surface area contributed by atoms with Crippen molar-refractivity contribution in [1.82, 2.24) is 19.6 Å². The zero-order valence-electron chi connectivity index (χ0n) is 70.1. The van der Waals surface area contributed by atoms with Gasteiger partial charge in [-0.2, -0.15) is 0 Å². The van der Waals surface area contributed by atoms with Gasteiger partial charge in [-0.05, 0) is 157 Å². The molecule has 0 radical (unpaired) electrons. The summed E-state index contributed by atoms with van der Waals surface area (Å²) in [6.07, 6.45) is -3.83. The molecule has 4 heterocycles. The van der Waals surface area contributed by atoms with E-state index in [0.717, 1.165) is 0 Å². The first-order chi connectivity index (χ1) is 43.2. The summed E-state index contributed by atoms with van der Waals surface area (Å²) in [7, 11) is -19.9. The van der Waals surface area contributed by atoms with Crippen LogP contribution in [0.1, 0.15) is 208 Å². The molecule has 0 aliphatic carbocycles. The number of hydrogen-bond acceptors (Lipinski definition) is 12. The van der Waals surface area contributed by atoms with Gasteiger partial charge >= 0.3 is 0 Å². The summed E-state index contributed by atoms with van der Waals surface area (Å²) in [5.41, 5.74) is 0.136. The van der Waals surface area contributed by atoms with Crippen molar-refractivity contribution in [3.8, 4) is 0 Å². The van der Waals surface area contributed by atoms with Crippen LogP contribution in [0.3, 0.4) is 0 Å². The Balaban J connectivity index is 1.91. The second-order valence-electron chi connectivity index (χ2n) is 42.1. The van der Waals surface area contributed by atoms with E-state index in [-0.39, 0.29) is 115 Å². The molecule has 4 aliphatic heterocycles. The number of nitrogens with zero attached hydrogens (tertiary/aromatic N) is 4. The second-order valence-corrected chi connectivity index (χ2v) is 80.2. The molecule has 5 rings (SSSR count). The Hall–Kier alpha value is -1.48. The van der Waals surface area contributed by atoms with E-state index in [0.29, 0.717) is 0 Å². The Morgan fingerprint density at radius 2 is 0.327 bits per heavy atom. The predicted octanol–water partition coefficient (Wildman–Crippen LogP) is 18.6. The molecular formula is C74H146N4O12Si8. The SMILES string of the molecule is CC(C)(C)[Si](C)(C)O[C@H]1CN(C(=O)c2cc(C(=O)N3C[C@H](O[Si](C)(C)C(C)(C)C)[C@@H](O[Si](C)(C)C(C)(C)C)C3)c(C(=O)N3C[C@H](O[Si](C)(C)C(C)(C)C)[C@@H](O[Si](C)(C)C(C)(C)C)C3)cc2C(=O)N2C[C@H](O[Si](C)(C)C(C)(C)C)[C@@H](O[Si](C)(C)C(C)(C)C)C2)C[C@@H]1O[Si](C)(C)C(C)(C)C. The molecule has 1 aromatic rings. The Kier molecular flexibility index (Phi) is 25.5. The van der Waals surface area contributed by atoms with Gasteiger partial charge in [-0.1, -0.05) is 166 Å². The fourth-order valence-electron chi connectivity index (χ4n) is 11.0. The van der Waals surface area contributed by atoms with Crippen LogP contribution in [0, 0.1) is 0 Å². The minimum atomic E-state index is -2.49. The molecule has 0 bridgehead atoms. The van der Waals surface area contributed by atoms with Crippen LogP contribution < -0.4 is 0 Å². The first kappa shape index (κ1) is 87.2. The van der Waals surface area contributed by atoms with Crippen LogP contribution in [0.15, 0.2) is 12.1 Å². The van der Waals surface area contributed by atoms with Crippen LogP contribution in [-0.2, 0) is 35.4 Å². The van der Waals surface area contributed by atoms with Crippen LogP contribution in [0.25, 0.3) is 0 Å². The highest BCUT2D eigenvalue weighted by Gasteiger charge is 2.55. The highest BCUT2D eigenvalue weighted by Crippen LogP contribution is 2.48. The zero-order valence-corrected chi connectivity index (χ0v) is 78.1. The van der Waals surface area contributed by atoms with Gasteiger partial charge in [-0.15, -0.1) is 0 Å². The minimum absolute atomic E-state index is 0.0339. The second kappa shape index (κ2) is 28.7. The summed E-state index contributed by atoms with van der Waals surface area (Å²) >= 11 is 0. The normalized spacial score (nSPS) is 24.0. The van der Waals surface area contributed by atoms with Crippen molar-refractivity contribution in [2.24, 2.45) is 0 Å². The Morgan fingerprint density at radius 3 is 0.408 bits per heavy atom. The lowest BCUT2D eigenvalue weighted by Crippen LogP contribution is -2.51. The van der Waals surface area contributed by atoms with Crippen molar-refractivity contribution in [2.75, 3.05) is 52.4 Å². The van der Waals surface area contributed by atoms with E-state index in [2.05, 4.69) is 271 Å². The lowest BCUT2D eigenvalue weighted by Gasteiger charge is -2.42. The largest absolute Gasteiger partial charge is 0.409 e. The number of carbonyl (C=O) groups is 4. The molecule has 1 aromatic carbocycles. The highest BCUT2D eigenvalue weighted by atomic mass is 28.4. The van der Waals surface area contributed by atoms with E-state index in [1.54, 1.807) is 31.7 Å². The van der Waals surface area contributed by atoms with E-state index < -0.39 is 139 Å². The van der Waals surface area contributed by atoms with Gasteiger partial charge in [-0.3, -0.25) is 19.2 Å². The van der Waals surface area contributed by atoms with E-state index in [1.165, 1.54) is 0 Å². The van der Waals surface area contributed by atoms with E-state index in [9.17, 15) is 0 Å². The van der Waals surface area contributed by atoms with Crippen LogP contribution in [0.5, 0.6) is 0 Å². The molecule has 0 N–H and O–H groups in total. The minimum Gasteiger partial charge on any atom is -0.409 e. The van der Waals surface area contributed by atoms with Crippen molar-refractivity contribution in [1.29, 1.82) is 0 Å². The third-order valence-electron chi connectivity index (χ3n) is 26.1. The number of hydrogen-bond donors (Lipinski definition) is 0. The molecule has 566 valence electrons. The average molecular weight is 1510 g/mol. The monoisotopic (exact) mass is 1510 g/mol. The maximum atomic E-state index is 16.6. The van der Waals surface area contributed by atoms with Crippen LogP contribution in [-0.4, -0.2) is 211 Å². The maximum absolute atomic E-state index is 16.6. The molecular weight excluding hydrogens is 1360 g/mol. The number of carbonyl (C=O) groups excluding carboxylic acids is 4. The smallest absolute Gasteiger partial charge is 0.254 e. The van der Waals surface area contributed by atoms with Crippen molar-refractivity contribution in [3.63, 3.8) is 0 Å². The van der Waals surface area contributed by atoms with Gasteiger partial charge in [0, 0.05) is 52.4 Å². The van der Waals surface area contributed by atoms with Gasteiger partial charge in [0.25, 0.3) is 23.6 Å². The molecule has 0 unspecified atom stereocenters. The van der Waals surface area contributed by atoms with Crippen molar-refractivity contribution >= 4 is 90.2 Å². The van der Waals surface area contributed by atoms with E-state index >= 15 is 19.2 Å². The van der Waals surface area contributed by atoms with E-state index in [4.69, 9.17) is 35.4 Å². The standard InChI is InChI=1S/C74H146N4O12Si8/c1-67(2,3)91(25,26)83-55-43-75(44-56(55)84-92(27,28)68(4,5)6)63(79)51-41-53(65(81)77-47-59(87-95(33,34)71(13,14)15)60(48-77)88-96(35,36)72(16,17)18)54(66(82)78-49-61(89-97(37,38)73(19,20)21)62(50-78)90-98(39,40)74(22,23)24)42-52(51)64(80)76-45-57(85-93(29,30)69(7,8)9)58(46-76)86-94(31,32)70(10,11)12/h41-42,55-62H,43-50H2,1-40H3/t55-,56-,57-,58-,59-,60-,61-,62-/m0/s1. The molecule has 4 amide bonds. The predicted molar refractivity (Wildman–Crippen MR) is 427 cm³/mol.